The summed E-state index contributed by atoms with van der Waals surface area (Å²) in [6, 6.07) is 15.0. The lowest BCUT2D eigenvalue weighted by Crippen LogP contribution is -2.45. The van der Waals surface area contributed by atoms with Gasteiger partial charge < -0.3 is 0 Å². The minimum Gasteiger partial charge on any atom is -0.290 e. The van der Waals surface area contributed by atoms with E-state index in [-0.39, 0.29) is 48.1 Å². The number of nitrogens with zero attached hydrogens (tertiary/aromatic N) is 2. The summed E-state index contributed by atoms with van der Waals surface area (Å²) >= 11 is 0. The number of imide groups is 1. The van der Waals surface area contributed by atoms with E-state index in [4.69, 9.17) is 0 Å². The molecule has 2 aromatic rings. The first-order chi connectivity index (χ1) is 15.4. The summed E-state index contributed by atoms with van der Waals surface area (Å²) in [5.74, 6) is 0.527. The second-order valence-electron chi connectivity index (χ2n) is 9.85. The van der Waals surface area contributed by atoms with E-state index < -0.39 is 0 Å². The van der Waals surface area contributed by atoms with Gasteiger partial charge in [-0.05, 0) is 79.3 Å². The fraction of sp³-hybridized carbons (Fsp3) is 0.370. The van der Waals surface area contributed by atoms with Crippen molar-refractivity contribution in [2.45, 2.75) is 20.3 Å². The van der Waals surface area contributed by atoms with Gasteiger partial charge in [-0.2, -0.15) is 0 Å². The van der Waals surface area contributed by atoms with Gasteiger partial charge in [0.15, 0.2) is 0 Å². The molecule has 0 spiro atoms. The number of hydrogen-bond donors (Lipinski definition) is 0. The molecule has 4 aliphatic carbocycles. The van der Waals surface area contributed by atoms with Gasteiger partial charge in [0.25, 0.3) is 5.91 Å². The summed E-state index contributed by atoms with van der Waals surface area (Å²) in [4.78, 5) is 43.5. The molecule has 2 saturated carbocycles. The summed E-state index contributed by atoms with van der Waals surface area (Å²) in [7, 11) is 0. The zero-order valence-corrected chi connectivity index (χ0v) is 18.3. The third-order valence-electron chi connectivity index (χ3n) is 7.82. The summed E-state index contributed by atoms with van der Waals surface area (Å²) in [6.07, 6.45) is 5.48. The molecule has 2 bridgehead atoms. The predicted octanol–water partition coefficient (Wildman–Crippen LogP) is 3.96. The standard InChI is InChI=1S/C27H26N2O3/c1-15-10-16(2)12-18(11-15)28(25(30)17-6-4-3-5-7-17)14-29-26(31)23-19-8-9-20(22-13-21(19)22)24(23)27(29)32/h3-12,19-24H,13-14H2,1-2H3/t19-,20-,21-,22-,23+,24+/m1/s1. The van der Waals surface area contributed by atoms with Gasteiger partial charge in [-0.1, -0.05) is 36.4 Å². The van der Waals surface area contributed by atoms with Gasteiger partial charge in [-0.15, -0.1) is 0 Å². The Kier molecular flexibility index (Phi) is 4.19. The molecule has 5 nitrogen and oxygen atoms in total. The molecular weight excluding hydrogens is 400 g/mol. The molecule has 1 heterocycles. The van der Waals surface area contributed by atoms with E-state index in [1.165, 1.54) is 4.90 Å². The lowest BCUT2D eigenvalue weighted by molar-refractivity contribution is -0.140. The molecule has 0 N–H and O–H groups in total. The highest BCUT2D eigenvalue weighted by atomic mass is 16.2. The number of anilines is 1. The molecule has 1 saturated heterocycles. The third kappa shape index (κ3) is 2.80. The van der Waals surface area contributed by atoms with E-state index in [9.17, 15) is 14.4 Å². The molecule has 1 aliphatic heterocycles. The fourth-order valence-electron chi connectivity index (χ4n) is 6.41. The van der Waals surface area contributed by atoms with Crippen LogP contribution >= 0.6 is 0 Å². The largest absolute Gasteiger partial charge is 0.290 e. The van der Waals surface area contributed by atoms with Crippen molar-refractivity contribution in [3.8, 4) is 0 Å². The Hall–Kier alpha value is -3.21. The molecule has 3 amide bonds. The zero-order valence-electron chi connectivity index (χ0n) is 18.3. The number of carbonyl (C=O) groups is 3. The Bertz CT molecular complexity index is 1110. The van der Waals surface area contributed by atoms with Crippen molar-refractivity contribution in [2.75, 3.05) is 11.6 Å². The number of carbonyl (C=O) groups excluding carboxylic acids is 3. The van der Waals surface area contributed by atoms with Gasteiger partial charge >= 0.3 is 0 Å². The second kappa shape index (κ2) is 6.89. The van der Waals surface area contributed by atoms with E-state index in [2.05, 4.69) is 12.2 Å². The average molecular weight is 427 g/mol. The smallest absolute Gasteiger partial charge is 0.259 e. The molecular formula is C27H26N2O3. The number of rotatable bonds is 4. The van der Waals surface area contributed by atoms with Crippen LogP contribution in [0.15, 0.2) is 60.7 Å². The minimum absolute atomic E-state index is 0.0456. The molecule has 7 rings (SSSR count). The topological polar surface area (TPSA) is 57.7 Å². The highest BCUT2D eigenvalue weighted by Gasteiger charge is 2.67. The zero-order chi connectivity index (χ0) is 22.1. The summed E-state index contributed by atoms with van der Waals surface area (Å²) in [5.41, 5.74) is 3.30. The molecule has 0 aromatic heterocycles. The Labute approximate surface area is 187 Å². The summed E-state index contributed by atoms with van der Waals surface area (Å²) in [5, 5.41) is 0. The first-order valence-corrected chi connectivity index (χ1v) is 11.4. The number of hydrogen-bond acceptors (Lipinski definition) is 3. The SMILES string of the molecule is Cc1cc(C)cc(N(CN2C(=O)[C@H]3[C@@H]4C=C[C@H]([C@H]5C[C@H]45)[C@@H]3C2=O)C(=O)c2ccccc2)c1. The Balaban J connectivity index is 1.36. The molecule has 2 aromatic carbocycles. The number of allylic oxidation sites excluding steroid dienone is 2. The van der Waals surface area contributed by atoms with Crippen LogP contribution in [0.1, 0.15) is 27.9 Å². The van der Waals surface area contributed by atoms with E-state index in [1.54, 1.807) is 17.0 Å². The maximum absolute atomic E-state index is 13.5. The van der Waals surface area contributed by atoms with E-state index >= 15 is 0 Å². The second-order valence-corrected chi connectivity index (χ2v) is 9.85. The average Bonchev–Trinajstić information content (AvgIpc) is 3.57. The van der Waals surface area contributed by atoms with E-state index in [1.807, 2.05) is 50.2 Å². The summed E-state index contributed by atoms with van der Waals surface area (Å²) < 4.78 is 0. The highest BCUT2D eigenvalue weighted by molar-refractivity contribution is 6.10. The molecule has 6 atom stereocenters. The predicted molar refractivity (Wildman–Crippen MR) is 121 cm³/mol. The first-order valence-electron chi connectivity index (χ1n) is 11.4. The van der Waals surface area contributed by atoms with Gasteiger partial charge in [-0.3, -0.25) is 24.2 Å². The first kappa shape index (κ1) is 19.5. The fourth-order valence-corrected chi connectivity index (χ4v) is 6.41. The lowest BCUT2D eigenvalue weighted by atomic mass is 9.63. The van der Waals surface area contributed by atoms with Crippen LogP contribution in [0.25, 0.3) is 0 Å². The lowest BCUT2D eigenvalue weighted by Gasteiger charge is -2.37. The molecule has 5 heteroatoms. The quantitative estimate of drug-likeness (QED) is 0.549. The van der Waals surface area contributed by atoms with E-state index in [0.29, 0.717) is 23.1 Å². The molecule has 0 radical (unpaired) electrons. The van der Waals surface area contributed by atoms with Crippen molar-refractivity contribution in [1.29, 1.82) is 0 Å². The molecule has 162 valence electrons. The van der Waals surface area contributed by atoms with Gasteiger partial charge in [0.1, 0.15) is 6.67 Å². The number of amides is 3. The van der Waals surface area contributed by atoms with Crippen molar-refractivity contribution in [3.63, 3.8) is 0 Å². The van der Waals surface area contributed by atoms with E-state index in [0.717, 1.165) is 17.5 Å². The van der Waals surface area contributed by atoms with Gasteiger partial charge in [0, 0.05) is 11.3 Å². The minimum atomic E-state index is -0.255. The van der Waals surface area contributed by atoms with Crippen LogP contribution in [0, 0.1) is 49.4 Å². The van der Waals surface area contributed by atoms with Crippen LogP contribution in [-0.4, -0.2) is 29.3 Å². The maximum Gasteiger partial charge on any atom is 0.259 e. The third-order valence-corrected chi connectivity index (χ3v) is 7.82. The van der Waals surface area contributed by atoms with Crippen LogP contribution in [-0.2, 0) is 9.59 Å². The van der Waals surface area contributed by atoms with Crippen LogP contribution in [0.2, 0.25) is 0 Å². The summed E-state index contributed by atoms with van der Waals surface area (Å²) in [6.45, 7) is 3.92. The molecule has 0 unspecified atom stereocenters. The van der Waals surface area contributed by atoms with Gasteiger partial charge in [0.2, 0.25) is 11.8 Å². The van der Waals surface area contributed by atoms with Crippen LogP contribution in [0.5, 0.6) is 0 Å². The van der Waals surface area contributed by atoms with Crippen LogP contribution in [0.4, 0.5) is 5.69 Å². The van der Waals surface area contributed by atoms with Crippen molar-refractivity contribution < 1.29 is 14.4 Å². The highest BCUT2D eigenvalue weighted by Crippen LogP contribution is 2.65. The Morgan fingerprint density at radius 1 is 0.906 bits per heavy atom. The number of likely N-dealkylation sites (tertiary alicyclic amines) is 1. The number of benzene rings is 2. The van der Waals surface area contributed by atoms with Crippen molar-refractivity contribution in [1.82, 2.24) is 4.90 Å². The van der Waals surface area contributed by atoms with Crippen LogP contribution in [0.3, 0.4) is 0 Å². The van der Waals surface area contributed by atoms with Gasteiger partial charge in [0.05, 0.1) is 11.8 Å². The Morgan fingerprint density at radius 2 is 1.47 bits per heavy atom. The molecule has 5 aliphatic rings. The molecule has 3 fully saturated rings. The Morgan fingerprint density at radius 3 is 2.03 bits per heavy atom. The maximum atomic E-state index is 13.5. The molecule has 32 heavy (non-hydrogen) atoms. The monoisotopic (exact) mass is 426 g/mol. The van der Waals surface area contributed by atoms with Crippen LogP contribution < -0.4 is 4.90 Å². The van der Waals surface area contributed by atoms with Crippen molar-refractivity contribution >= 4 is 23.4 Å². The number of aryl methyl sites for hydroxylation is 2. The van der Waals surface area contributed by atoms with Crippen molar-refractivity contribution in [2.24, 2.45) is 35.5 Å². The van der Waals surface area contributed by atoms with Gasteiger partial charge in [-0.25, -0.2) is 0 Å². The van der Waals surface area contributed by atoms with Crippen molar-refractivity contribution in [3.05, 3.63) is 77.4 Å². The normalized spacial score (nSPS) is 31.5.